The van der Waals surface area contributed by atoms with E-state index in [0.29, 0.717) is 6.04 Å². The summed E-state index contributed by atoms with van der Waals surface area (Å²) in [5.74, 6) is 0.237. The van der Waals surface area contributed by atoms with Crippen LogP contribution in [0.4, 0.5) is 14.7 Å². The zero-order chi connectivity index (χ0) is 20.1. The number of hydrogen-bond donors (Lipinski definition) is 0. The second-order valence-corrected chi connectivity index (χ2v) is 8.05. The zero-order valence-electron chi connectivity index (χ0n) is 16.6. The fraction of sp³-hybridized carbons (Fsp3) is 0.722. The van der Waals surface area contributed by atoms with Gasteiger partial charge in [-0.1, -0.05) is 0 Å². The molecule has 2 fully saturated rings. The number of methoxy groups -OCH3 is 1. The van der Waals surface area contributed by atoms with Crippen LogP contribution in [-0.4, -0.2) is 85.6 Å². The van der Waals surface area contributed by atoms with E-state index in [2.05, 4.69) is 33.4 Å². The number of amides is 1. The van der Waals surface area contributed by atoms with Crippen molar-refractivity contribution in [2.24, 2.45) is 0 Å². The Morgan fingerprint density at radius 3 is 2.43 bits per heavy atom. The number of aromatic nitrogens is 1. The molecule has 0 aromatic carbocycles. The predicted molar refractivity (Wildman–Crippen MR) is 105 cm³/mol. The molecule has 3 heterocycles. The fourth-order valence-corrected chi connectivity index (χ4v) is 4.15. The predicted octanol–water partition coefficient (Wildman–Crippen LogP) is 2.42. The lowest BCUT2D eigenvalue weighted by atomic mass is 10.1. The minimum atomic E-state index is -0.781. The Morgan fingerprint density at radius 1 is 1.14 bits per heavy atom. The molecule has 0 bridgehead atoms. The third kappa shape index (κ3) is 5.26. The molecule has 1 aromatic heterocycles. The van der Waals surface area contributed by atoms with Crippen molar-refractivity contribution < 1.29 is 23.8 Å². The topological polar surface area (TPSA) is 84.4 Å². The average Bonchev–Trinajstić information content (AvgIpc) is 3.16. The summed E-state index contributed by atoms with van der Waals surface area (Å²) in [5, 5.41) is 2.46. The van der Waals surface area contributed by atoms with Crippen molar-refractivity contribution in [1.82, 2.24) is 14.8 Å². The van der Waals surface area contributed by atoms with Crippen LogP contribution in [-0.2, 0) is 9.47 Å². The maximum atomic E-state index is 12.4. The van der Waals surface area contributed by atoms with Gasteiger partial charge in [0, 0.05) is 58.2 Å². The highest BCUT2D eigenvalue weighted by molar-refractivity contribution is 7.13. The molecule has 9 nitrogen and oxygen atoms in total. The lowest BCUT2D eigenvalue weighted by Gasteiger charge is -2.37. The molecule has 1 amide bonds. The summed E-state index contributed by atoms with van der Waals surface area (Å²) in [7, 11) is 1.26. The van der Waals surface area contributed by atoms with Gasteiger partial charge in [-0.05, 0) is 13.8 Å². The normalized spacial score (nSPS) is 19.0. The molecular formula is C18H28N4O5S. The van der Waals surface area contributed by atoms with Crippen molar-refractivity contribution in [3.05, 3.63) is 5.38 Å². The number of thiazole rings is 1. The number of piperidine rings is 1. The van der Waals surface area contributed by atoms with Crippen LogP contribution in [0.5, 0.6) is 5.88 Å². The van der Waals surface area contributed by atoms with Gasteiger partial charge in [-0.25, -0.2) is 9.59 Å². The van der Waals surface area contributed by atoms with Crippen LogP contribution >= 0.6 is 11.3 Å². The summed E-state index contributed by atoms with van der Waals surface area (Å²) >= 11 is 1.41. The molecule has 0 saturated carbocycles. The zero-order valence-corrected chi connectivity index (χ0v) is 17.4. The molecule has 3 rings (SSSR count). The van der Waals surface area contributed by atoms with Crippen LogP contribution < -0.4 is 9.64 Å². The van der Waals surface area contributed by atoms with Crippen LogP contribution in [0.2, 0.25) is 0 Å². The van der Waals surface area contributed by atoms with Crippen LogP contribution in [0.25, 0.3) is 0 Å². The van der Waals surface area contributed by atoms with Gasteiger partial charge in [0.2, 0.25) is 5.88 Å². The first-order chi connectivity index (χ1) is 13.5. The minimum absolute atomic E-state index is 0.0716. The minimum Gasteiger partial charge on any atom is -0.446 e. The number of hydrogen-bond acceptors (Lipinski definition) is 9. The average molecular weight is 413 g/mol. The van der Waals surface area contributed by atoms with Gasteiger partial charge in [-0.2, -0.15) is 4.98 Å². The van der Waals surface area contributed by atoms with Gasteiger partial charge in [0.15, 0.2) is 5.13 Å². The van der Waals surface area contributed by atoms with Crippen molar-refractivity contribution in [1.29, 1.82) is 0 Å². The number of ether oxygens (including phenoxy) is 3. The van der Waals surface area contributed by atoms with E-state index < -0.39 is 6.16 Å². The standard InChI is InChI=1S/C18H28N4O5S/c1-13(2)20-8-10-22(11-9-20)17(23)26-14-4-6-21(7-5-14)16-19-15(12-28-16)27-18(24)25-3/h12-14H,4-11H2,1-3H3. The van der Waals surface area contributed by atoms with Crippen LogP contribution in [0.15, 0.2) is 5.38 Å². The molecule has 2 aliphatic rings. The van der Waals surface area contributed by atoms with Crippen LogP contribution in [0, 0.1) is 0 Å². The maximum Gasteiger partial charge on any atom is 0.514 e. The number of anilines is 1. The van der Waals surface area contributed by atoms with Crippen LogP contribution in [0.3, 0.4) is 0 Å². The van der Waals surface area contributed by atoms with Gasteiger partial charge < -0.3 is 24.0 Å². The second kappa shape index (κ2) is 9.42. The number of carbonyl (C=O) groups is 2. The Labute approximate surface area is 169 Å². The van der Waals surface area contributed by atoms with E-state index in [-0.39, 0.29) is 18.1 Å². The summed E-state index contributed by atoms with van der Waals surface area (Å²) in [6, 6.07) is 0.506. The van der Waals surface area contributed by atoms with Crippen molar-refractivity contribution in [3.63, 3.8) is 0 Å². The third-order valence-electron chi connectivity index (χ3n) is 5.11. The van der Waals surface area contributed by atoms with Gasteiger partial charge in [-0.15, -0.1) is 11.3 Å². The molecule has 2 aliphatic heterocycles. The molecule has 156 valence electrons. The molecule has 28 heavy (non-hydrogen) atoms. The van der Waals surface area contributed by atoms with E-state index >= 15 is 0 Å². The number of carbonyl (C=O) groups excluding carboxylic acids is 2. The van der Waals surface area contributed by atoms with Crippen LogP contribution in [0.1, 0.15) is 26.7 Å². The third-order valence-corrected chi connectivity index (χ3v) is 5.99. The van der Waals surface area contributed by atoms with Crippen molar-refractivity contribution in [3.8, 4) is 5.88 Å². The number of nitrogens with zero attached hydrogens (tertiary/aromatic N) is 4. The van der Waals surface area contributed by atoms with E-state index in [1.54, 1.807) is 5.38 Å². The summed E-state index contributed by atoms with van der Waals surface area (Å²) < 4.78 is 15.1. The molecule has 0 aliphatic carbocycles. The molecule has 0 radical (unpaired) electrons. The monoisotopic (exact) mass is 412 g/mol. The molecule has 0 spiro atoms. The quantitative estimate of drug-likeness (QED) is 0.697. The Balaban J connectivity index is 1.42. The Morgan fingerprint density at radius 2 is 1.82 bits per heavy atom. The largest absolute Gasteiger partial charge is 0.514 e. The van der Waals surface area contributed by atoms with Gasteiger partial charge in [0.05, 0.1) is 12.5 Å². The first kappa shape index (κ1) is 20.7. The maximum absolute atomic E-state index is 12.4. The molecule has 10 heteroatoms. The highest BCUT2D eigenvalue weighted by Crippen LogP contribution is 2.28. The van der Waals surface area contributed by atoms with Crippen molar-refractivity contribution in [2.75, 3.05) is 51.3 Å². The van der Waals surface area contributed by atoms with Gasteiger partial charge >= 0.3 is 12.2 Å². The molecule has 0 unspecified atom stereocenters. The lowest BCUT2D eigenvalue weighted by molar-refractivity contribution is 0.0338. The first-order valence-corrected chi connectivity index (χ1v) is 10.5. The fourth-order valence-electron chi connectivity index (χ4n) is 3.37. The summed E-state index contributed by atoms with van der Waals surface area (Å²) in [6.45, 7) is 9.06. The number of rotatable bonds is 4. The van der Waals surface area contributed by atoms with E-state index in [9.17, 15) is 9.59 Å². The van der Waals surface area contributed by atoms with E-state index in [4.69, 9.17) is 9.47 Å². The molecular weight excluding hydrogens is 384 g/mol. The van der Waals surface area contributed by atoms with E-state index in [1.807, 2.05) is 4.90 Å². The molecule has 2 saturated heterocycles. The summed E-state index contributed by atoms with van der Waals surface area (Å²) in [4.78, 5) is 34.2. The van der Waals surface area contributed by atoms with E-state index in [1.165, 1.54) is 18.4 Å². The Bertz CT molecular complexity index is 667. The number of piperazine rings is 1. The lowest BCUT2D eigenvalue weighted by Crippen LogP contribution is -2.51. The SMILES string of the molecule is COC(=O)Oc1csc(N2CCC(OC(=O)N3CCN(C(C)C)CC3)CC2)n1. The molecule has 1 aromatic rings. The summed E-state index contributed by atoms with van der Waals surface area (Å²) in [6.07, 6.45) is 0.453. The highest BCUT2D eigenvalue weighted by atomic mass is 32.1. The van der Waals surface area contributed by atoms with E-state index in [0.717, 1.165) is 57.2 Å². The second-order valence-electron chi connectivity index (χ2n) is 7.21. The summed E-state index contributed by atoms with van der Waals surface area (Å²) in [5.41, 5.74) is 0. The molecule has 0 N–H and O–H groups in total. The van der Waals surface area contributed by atoms with Gasteiger partial charge in [-0.3, -0.25) is 4.90 Å². The Hall–Kier alpha value is -2.07. The first-order valence-electron chi connectivity index (χ1n) is 9.62. The van der Waals surface area contributed by atoms with Crippen molar-refractivity contribution >= 4 is 28.7 Å². The smallest absolute Gasteiger partial charge is 0.446 e. The van der Waals surface area contributed by atoms with Crippen molar-refractivity contribution in [2.45, 2.75) is 38.8 Å². The Kier molecular flexibility index (Phi) is 6.95. The molecule has 0 atom stereocenters. The van der Waals surface area contributed by atoms with Gasteiger partial charge in [0.25, 0.3) is 0 Å². The van der Waals surface area contributed by atoms with Gasteiger partial charge in [0.1, 0.15) is 6.10 Å². The highest BCUT2D eigenvalue weighted by Gasteiger charge is 2.28.